The van der Waals surface area contributed by atoms with E-state index >= 15 is 0 Å². The lowest BCUT2D eigenvalue weighted by molar-refractivity contribution is 0.0930. The highest BCUT2D eigenvalue weighted by molar-refractivity contribution is 5.94. The number of hydrogen-bond acceptors (Lipinski definition) is 6. The number of anilines is 1. The van der Waals surface area contributed by atoms with E-state index in [0.717, 1.165) is 31.7 Å². The Labute approximate surface area is 147 Å². The van der Waals surface area contributed by atoms with Gasteiger partial charge in [0.05, 0.1) is 6.20 Å². The number of nitrogens with zero attached hydrogens (tertiary/aromatic N) is 3. The molecule has 2 aromatic rings. The van der Waals surface area contributed by atoms with E-state index in [1.54, 1.807) is 30.7 Å². The lowest BCUT2D eigenvalue weighted by atomic mass is 10.0. The quantitative estimate of drug-likeness (QED) is 0.820. The van der Waals surface area contributed by atoms with Crippen LogP contribution in [0.2, 0.25) is 0 Å². The predicted octanol–water partition coefficient (Wildman–Crippen LogP) is 1.21. The zero-order valence-electron chi connectivity index (χ0n) is 14.1. The molecule has 0 aliphatic carbocycles. The van der Waals surface area contributed by atoms with Crippen molar-refractivity contribution < 1.29 is 9.53 Å². The number of amides is 1. The third kappa shape index (κ3) is 4.67. The summed E-state index contributed by atoms with van der Waals surface area (Å²) in [6, 6.07) is 7.34. The molecule has 1 aromatic carbocycles. The molecule has 1 aromatic heterocycles. The zero-order valence-corrected chi connectivity index (χ0v) is 14.1. The van der Waals surface area contributed by atoms with Gasteiger partial charge in [0, 0.05) is 43.6 Å². The molecule has 0 bridgehead atoms. The fourth-order valence-electron chi connectivity index (χ4n) is 2.88. The third-order valence-electron chi connectivity index (χ3n) is 4.19. The molecule has 1 amide bonds. The highest BCUT2D eigenvalue weighted by atomic mass is 16.5. The van der Waals surface area contributed by atoms with E-state index in [2.05, 4.69) is 20.2 Å². The number of hydrogen-bond donors (Lipinski definition) is 2. The number of ether oxygens (including phenoxy) is 1. The SMILES string of the molecule is NCCOc1cccc(C(=O)NC2CCN(c3cnccn3)CC2)c1. The van der Waals surface area contributed by atoms with E-state index in [-0.39, 0.29) is 11.9 Å². The highest BCUT2D eigenvalue weighted by Crippen LogP contribution is 2.18. The Hall–Kier alpha value is -2.67. The number of rotatable bonds is 6. The normalized spacial score (nSPS) is 15.0. The van der Waals surface area contributed by atoms with E-state index in [9.17, 15) is 4.79 Å². The fourth-order valence-corrected chi connectivity index (χ4v) is 2.88. The lowest BCUT2D eigenvalue weighted by Gasteiger charge is -2.32. The maximum atomic E-state index is 12.5. The number of carbonyl (C=O) groups is 1. The number of nitrogens with two attached hydrogens (primary N) is 1. The van der Waals surface area contributed by atoms with Gasteiger partial charge in [-0.1, -0.05) is 6.07 Å². The van der Waals surface area contributed by atoms with Crippen LogP contribution in [0.25, 0.3) is 0 Å². The van der Waals surface area contributed by atoms with Crippen molar-refractivity contribution in [1.29, 1.82) is 0 Å². The van der Waals surface area contributed by atoms with Crippen LogP contribution in [0.15, 0.2) is 42.9 Å². The van der Waals surface area contributed by atoms with Gasteiger partial charge in [-0.3, -0.25) is 9.78 Å². The van der Waals surface area contributed by atoms with Crippen molar-refractivity contribution >= 4 is 11.7 Å². The van der Waals surface area contributed by atoms with Gasteiger partial charge in [-0.2, -0.15) is 0 Å². The zero-order chi connectivity index (χ0) is 17.5. The Kier molecular flexibility index (Phi) is 5.79. The average molecular weight is 341 g/mol. The molecule has 7 nitrogen and oxygen atoms in total. The molecule has 1 fully saturated rings. The Morgan fingerprint density at radius 3 is 2.88 bits per heavy atom. The van der Waals surface area contributed by atoms with Gasteiger partial charge < -0.3 is 20.7 Å². The summed E-state index contributed by atoms with van der Waals surface area (Å²) >= 11 is 0. The van der Waals surface area contributed by atoms with Gasteiger partial charge in [-0.05, 0) is 31.0 Å². The number of nitrogens with one attached hydrogen (secondary N) is 1. The lowest BCUT2D eigenvalue weighted by Crippen LogP contribution is -2.45. The van der Waals surface area contributed by atoms with Crippen molar-refractivity contribution in [2.75, 3.05) is 31.1 Å². The van der Waals surface area contributed by atoms with Crippen molar-refractivity contribution in [2.24, 2.45) is 5.73 Å². The Morgan fingerprint density at radius 2 is 2.16 bits per heavy atom. The van der Waals surface area contributed by atoms with E-state index in [1.807, 2.05) is 12.1 Å². The van der Waals surface area contributed by atoms with Crippen molar-refractivity contribution in [3.05, 3.63) is 48.4 Å². The third-order valence-corrected chi connectivity index (χ3v) is 4.19. The Balaban J connectivity index is 1.52. The molecule has 1 aliphatic heterocycles. The molecule has 132 valence electrons. The molecule has 2 heterocycles. The van der Waals surface area contributed by atoms with Crippen molar-refractivity contribution in [1.82, 2.24) is 15.3 Å². The van der Waals surface area contributed by atoms with E-state index < -0.39 is 0 Å². The first-order valence-corrected chi connectivity index (χ1v) is 8.51. The molecule has 1 aliphatic rings. The van der Waals surface area contributed by atoms with Crippen LogP contribution in [0.5, 0.6) is 5.75 Å². The standard InChI is InChI=1S/C18H23N5O2/c19-6-11-25-16-3-1-2-14(12-16)18(24)22-15-4-9-23(10-5-15)17-13-20-7-8-21-17/h1-3,7-8,12-13,15H,4-6,9-11,19H2,(H,22,24). The van der Waals surface area contributed by atoms with Gasteiger partial charge in [0.15, 0.2) is 0 Å². The molecule has 0 spiro atoms. The fraction of sp³-hybridized carbons (Fsp3) is 0.389. The van der Waals surface area contributed by atoms with Crippen LogP contribution in [0, 0.1) is 0 Å². The predicted molar refractivity (Wildman–Crippen MR) is 95.7 cm³/mol. The largest absolute Gasteiger partial charge is 0.492 e. The van der Waals surface area contributed by atoms with Crippen molar-refractivity contribution in [3.63, 3.8) is 0 Å². The first-order valence-electron chi connectivity index (χ1n) is 8.51. The van der Waals surface area contributed by atoms with Crippen LogP contribution in [-0.4, -0.2) is 48.2 Å². The van der Waals surface area contributed by atoms with Crippen molar-refractivity contribution in [3.8, 4) is 5.75 Å². The molecule has 0 atom stereocenters. The van der Waals surface area contributed by atoms with Crippen LogP contribution < -0.4 is 20.7 Å². The summed E-state index contributed by atoms with van der Waals surface area (Å²) in [5.74, 6) is 1.48. The number of piperidine rings is 1. The minimum absolute atomic E-state index is 0.0730. The molecule has 0 radical (unpaired) electrons. The molecular weight excluding hydrogens is 318 g/mol. The molecule has 3 rings (SSSR count). The highest BCUT2D eigenvalue weighted by Gasteiger charge is 2.22. The summed E-state index contributed by atoms with van der Waals surface area (Å²) < 4.78 is 5.47. The first kappa shape index (κ1) is 17.2. The van der Waals surface area contributed by atoms with E-state index in [0.29, 0.717) is 24.5 Å². The molecule has 7 heteroatoms. The van der Waals surface area contributed by atoms with Crippen LogP contribution >= 0.6 is 0 Å². The second kappa shape index (κ2) is 8.43. The summed E-state index contributed by atoms with van der Waals surface area (Å²) in [7, 11) is 0. The minimum Gasteiger partial charge on any atom is -0.492 e. The van der Waals surface area contributed by atoms with Gasteiger partial charge in [0.2, 0.25) is 0 Å². The smallest absolute Gasteiger partial charge is 0.251 e. The molecular formula is C18H23N5O2. The first-order chi connectivity index (χ1) is 12.3. The van der Waals surface area contributed by atoms with Crippen LogP contribution in [-0.2, 0) is 0 Å². The van der Waals surface area contributed by atoms with E-state index in [4.69, 9.17) is 10.5 Å². The van der Waals surface area contributed by atoms with Gasteiger partial charge in [-0.25, -0.2) is 4.98 Å². The maximum absolute atomic E-state index is 12.5. The molecule has 0 saturated carbocycles. The average Bonchev–Trinajstić information content (AvgIpc) is 2.68. The Morgan fingerprint density at radius 1 is 1.32 bits per heavy atom. The summed E-state index contributed by atoms with van der Waals surface area (Å²) in [4.78, 5) is 23.1. The summed E-state index contributed by atoms with van der Waals surface area (Å²) in [5.41, 5.74) is 6.04. The molecule has 25 heavy (non-hydrogen) atoms. The van der Waals surface area contributed by atoms with E-state index in [1.165, 1.54) is 0 Å². The monoisotopic (exact) mass is 341 g/mol. The van der Waals surface area contributed by atoms with Gasteiger partial charge >= 0.3 is 0 Å². The molecule has 3 N–H and O–H groups in total. The summed E-state index contributed by atoms with van der Waals surface area (Å²) in [6.45, 7) is 2.58. The van der Waals surface area contributed by atoms with Gasteiger partial charge in [0.25, 0.3) is 5.91 Å². The second-order valence-electron chi connectivity index (χ2n) is 5.96. The van der Waals surface area contributed by atoms with Gasteiger partial charge in [0.1, 0.15) is 18.2 Å². The van der Waals surface area contributed by atoms with Crippen LogP contribution in [0.3, 0.4) is 0 Å². The topological polar surface area (TPSA) is 93.4 Å². The minimum atomic E-state index is -0.0730. The van der Waals surface area contributed by atoms with Crippen LogP contribution in [0.4, 0.5) is 5.82 Å². The number of benzene rings is 1. The maximum Gasteiger partial charge on any atom is 0.251 e. The molecule has 0 unspecified atom stereocenters. The second-order valence-corrected chi connectivity index (χ2v) is 5.96. The summed E-state index contributed by atoms with van der Waals surface area (Å²) in [6.07, 6.45) is 6.90. The Bertz CT molecular complexity index is 687. The summed E-state index contributed by atoms with van der Waals surface area (Å²) in [5, 5.41) is 3.11. The number of carbonyl (C=O) groups excluding carboxylic acids is 1. The molecule has 1 saturated heterocycles. The number of aromatic nitrogens is 2. The van der Waals surface area contributed by atoms with Crippen molar-refractivity contribution in [2.45, 2.75) is 18.9 Å². The van der Waals surface area contributed by atoms with Gasteiger partial charge in [-0.15, -0.1) is 0 Å². The van der Waals surface area contributed by atoms with Crippen LogP contribution in [0.1, 0.15) is 23.2 Å².